The molecule has 0 amide bonds. The fourth-order valence-corrected chi connectivity index (χ4v) is 5.20. The maximum Gasteiger partial charge on any atom is 0.269 e. The second-order valence-electron chi connectivity index (χ2n) is 4.33. The molecule has 16 heavy (non-hydrogen) atoms. The number of rotatable bonds is 3. The van der Waals surface area contributed by atoms with Crippen molar-refractivity contribution in [3.8, 4) is 0 Å². The Hall–Kier alpha value is -0.990. The van der Waals surface area contributed by atoms with E-state index in [2.05, 4.69) is 0 Å². The van der Waals surface area contributed by atoms with E-state index >= 15 is 0 Å². The van der Waals surface area contributed by atoms with Crippen LogP contribution in [0.2, 0.25) is 0 Å². The van der Waals surface area contributed by atoms with Gasteiger partial charge in [-0.05, 0) is 38.2 Å². The molecule has 1 aromatic carbocycles. The average Bonchev–Trinajstić information content (AvgIpc) is 2.65. The van der Waals surface area contributed by atoms with Crippen molar-refractivity contribution in [2.75, 3.05) is 12.3 Å². The first kappa shape index (κ1) is 11.5. The summed E-state index contributed by atoms with van der Waals surface area (Å²) in [6.07, 6.45) is 4.85. The van der Waals surface area contributed by atoms with Gasteiger partial charge in [-0.1, -0.05) is 12.1 Å². The zero-order valence-corrected chi connectivity index (χ0v) is 9.90. The molecule has 0 unspecified atom stereocenters. The highest BCUT2D eigenvalue weighted by atomic mass is 31.2. The van der Waals surface area contributed by atoms with Crippen LogP contribution in [0.4, 0.5) is 5.69 Å². The Morgan fingerprint density at radius 2 is 1.81 bits per heavy atom. The Balaban J connectivity index is 2.07. The van der Waals surface area contributed by atoms with E-state index in [1.165, 1.54) is 12.1 Å². The molecule has 4 nitrogen and oxygen atoms in total. The molecule has 87 valence electrons. The minimum Gasteiger partial charge on any atom is -0.380 e. The third-order valence-electron chi connectivity index (χ3n) is 3.02. The first-order chi connectivity index (χ1) is 7.59. The summed E-state index contributed by atoms with van der Waals surface area (Å²) in [4.78, 5) is 20.4. The van der Waals surface area contributed by atoms with Gasteiger partial charge in [0.2, 0.25) is 0 Å². The molecule has 0 aromatic heterocycles. The molecule has 5 heteroatoms. The van der Waals surface area contributed by atoms with Gasteiger partial charge in [-0.25, -0.2) is 0 Å². The van der Waals surface area contributed by atoms with Gasteiger partial charge in [0.05, 0.1) is 4.92 Å². The molecule has 1 aliphatic heterocycles. The van der Waals surface area contributed by atoms with Gasteiger partial charge >= 0.3 is 0 Å². The SMILES string of the molecule is O=[N+]([O-])c1ccc(C[P]2(O)CCCC2)cc1. The second-order valence-corrected chi connectivity index (χ2v) is 7.73. The smallest absolute Gasteiger partial charge is 0.269 e. The predicted molar refractivity (Wildman–Crippen MR) is 64.9 cm³/mol. The number of nitro groups is 1. The van der Waals surface area contributed by atoms with E-state index in [1.807, 2.05) is 0 Å². The van der Waals surface area contributed by atoms with Crippen LogP contribution in [0, 0.1) is 10.1 Å². The molecule has 0 bridgehead atoms. The van der Waals surface area contributed by atoms with Crippen molar-refractivity contribution in [3.63, 3.8) is 0 Å². The first-order valence-electron chi connectivity index (χ1n) is 5.41. The normalized spacial score (nSPS) is 18.6. The zero-order valence-electron chi connectivity index (χ0n) is 9.00. The molecule has 1 aromatic rings. The summed E-state index contributed by atoms with van der Waals surface area (Å²) in [6.45, 7) is 0. The third-order valence-corrected chi connectivity index (χ3v) is 6.27. The Kier molecular flexibility index (Phi) is 3.22. The van der Waals surface area contributed by atoms with Gasteiger partial charge in [-0.15, -0.1) is 0 Å². The van der Waals surface area contributed by atoms with Gasteiger partial charge < -0.3 is 4.89 Å². The fraction of sp³-hybridized carbons (Fsp3) is 0.455. The summed E-state index contributed by atoms with van der Waals surface area (Å²) in [7, 11) is -1.75. The van der Waals surface area contributed by atoms with E-state index in [4.69, 9.17) is 0 Å². The molecule has 0 saturated carbocycles. The van der Waals surface area contributed by atoms with Crippen molar-refractivity contribution >= 4 is 13.2 Å². The Labute approximate surface area is 94.9 Å². The molecule has 1 aliphatic rings. The monoisotopic (exact) mass is 240 g/mol. The van der Waals surface area contributed by atoms with Gasteiger partial charge in [0.15, 0.2) is 0 Å². The molecular weight excluding hydrogens is 225 g/mol. The van der Waals surface area contributed by atoms with Crippen LogP contribution < -0.4 is 0 Å². The van der Waals surface area contributed by atoms with Crippen LogP contribution in [-0.4, -0.2) is 22.1 Å². The Bertz CT molecular complexity index is 385. The van der Waals surface area contributed by atoms with Gasteiger partial charge in [0.1, 0.15) is 0 Å². The van der Waals surface area contributed by atoms with Gasteiger partial charge in [0, 0.05) is 18.3 Å². The lowest BCUT2D eigenvalue weighted by Gasteiger charge is -2.24. The molecule has 1 fully saturated rings. The highest BCUT2D eigenvalue weighted by molar-refractivity contribution is 7.69. The molecule has 1 radical (unpaired) electrons. The summed E-state index contributed by atoms with van der Waals surface area (Å²) >= 11 is 0. The summed E-state index contributed by atoms with van der Waals surface area (Å²) in [5.41, 5.74) is 1.13. The molecule has 1 heterocycles. The number of hydrogen-bond donors (Lipinski definition) is 1. The summed E-state index contributed by atoms with van der Waals surface area (Å²) in [5, 5.41) is 10.5. The van der Waals surface area contributed by atoms with Crippen molar-refractivity contribution < 1.29 is 9.82 Å². The quantitative estimate of drug-likeness (QED) is 0.502. The maximum atomic E-state index is 10.5. The largest absolute Gasteiger partial charge is 0.380 e. The van der Waals surface area contributed by atoms with Crippen molar-refractivity contribution in [1.29, 1.82) is 0 Å². The minimum atomic E-state index is -1.75. The number of hydrogen-bond acceptors (Lipinski definition) is 3. The van der Waals surface area contributed by atoms with Gasteiger partial charge in [-0.2, -0.15) is 0 Å². The topological polar surface area (TPSA) is 63.4 Å². The summed E-state index contributed by atoms with van der Waals surface area (Å²) < 4.78 is 0. The summed E-state index contributed by atoms with van der Waals surface area (Å²) in [5.74, 6) is 0. The van der Waals surface area contributed by atoms with E-state index in [0.29, 0.717) is 6.16 Å². The number of non-ortho nitro benzene ring substituents is 1. The van der Waals surface area contributed by atoms with E-state index in [0.717, 1.165) is 30.7 Å². The molecule has 0 aliphatic carbocycles. The van der Waals surface area contributed by atoms with Crippen LogP contribution in [0.25, 0.3) is 0 Å². The van der Waals surface area contributed by atoms with Gasteiger partial charge in [0.25, 0.3) is 5.69 Å². The van der Waals surface area contributed by atoms with Gasteiger partial charge in [-0.3, -0.25) is 10.1 Å². The standard InChI is InChI=1S/C11H15NO3P/c13-12(14)11-5-3-10(4-6-11)9-16(15)7-1-2-8-16/h3-6,15H,1-2,7-9H2. The van der Waals surface area contributed by atoms with Crippen molar-refractivity contribution in [2.24, 2.45) is 0 Å². The van der Waals surface area contributed by atoms with E-state index in [9.17, 15) is 15.0 Å². The second kappa shape index (κ2) is 4.48. The van der Waals surface area contributed by atoms with E-state index in [-0.39, 0.29) is 5.69 Å². The van der Waals surface area contributed by atoms with E-state index in [1.54, 1.807) is 12.1 Å². The highest BCUT2D eigenvalue weighted by Crippen LogP contribution is 2.62. The zero-order chi connectivity index (χ0) is 11.6. The molecule has 0 atom stereocenters. The molecule has 0 spiro atoms. The third kappa shape index (κ3) is 2.57. The number of nitro benzene ring substituents is 1. The first-order valence-corrected chi connectivity index (χ1v) is 7.71. The highest BCUT2D eigenvalue weighted by Gasteiger charge is 2.28. The van der Waals surface area contributed by atoms with Crippen LogP contribution in [0.15, 0.2) is 24.3 Å². The van der Waals surface area contributed by atoms with Crippen LogP contribution >= 0.6 is 7.49 Å². The van der Waals surface area contributed by atoms with Crippen molar-refractivity contribution in [2.45, 2.75) is 19.0 Å². The minimum absolute atomic E-state index is 0.112. The van der Waals surface area contributed by atoms with Crippen LogP contribution in [0.3, 0.4) is 0 Å². The van der Waals surface area contributed by atoms with Crippen LogP contribution in [0.1, 0.15) is 18.4 Å². The maximum absolute atomic E-state index is 10.5. The molecule has 1 saturated heterocycles. The van der Waals surface area contributed by atoms with Crippen LogP contribution in [0.5, 0.6) is 0 Å². The average molecular weight is 240 g/mol. The predicted octanol–water partition coefficient (Wildman–Crippen LogP) is 2.81. The summed E-state index contributed by atoms with van der Waals surface area (Å²) in [6, 6.07) is 6.54. The number of benzene rings is 1. The molecule has 1 N–H and O–H groups in total. The van der Waals surface area contributed by atoms with Crippen molar-refractivity contribution in [1.82, 2.24) is 0 Å². The van der Waals surface area contributed by atoms with Crippen LogP contribution in [-0.2, 0) is 6.16 Å². The Morgan fingerprint density at radius 1 is 1.25 bits per heavy atom. The van der Waals surface area contributed by atoms with Crippen molar-refractivity contribution in [3.05, 3.63) is 39.9 Å². The molecule has 2 rings (SSSR count). The van der Waals surface area contributed by atoms with E-state index < -0.39 is 12.4 Å². The lowest BCUT2D eigenvalue weighted by molar-refractivity contribution is -0.384. The number of nitrogens with zero attached hydrogens (tertiary/aromatic N) is 1. The lowest BCUT2D eigenvalue weighted by Crippen LogP contribution is -1.98. The Morgan fingerprint density at radius 3 is 2.31 bits per heavy atom. The lowest BCUT2D eigenvalue weighted by atomic mass is 10.2. The fourth-order valence-electron chi connectivity index (χ4n) is 2.15. The molecular formula is C11H15NO3P.